The summed E-state index contributed by atoms with van der Waals surface area (Å²) in [6, 6.07) is 0. The lowest BCUT2D eigenvalue weighted by Gasteiger charge is -2.13. The van der Waals surface area contributed by atoms with Crippen LogP contribution >= 0.6 is 0 Å². The fourth-order valence-electron chi connectivity index (χ4n) is 1.25. The Hall–Kier alpha value is -0.260. The van der Waals surface area contributed by atoms with E-state index in [0.717, 1.165) is 5.92 Å². The summed E-state index contributed by atoms with van der Waals surface area (Å²) in [5.41, 5.74) is 1.36. The molecule has 0 radical (unpaired) electrons. The van der Waals surface area contributed by atoms with Gasteiger partial charge in [-0.05, 0) is 25.7 Å². The zero-order chi connectivity index (χ0) is 7.98. The Morgan fingerprint density at radius 1 is 1.40 bits per heavy atom. The highest BCUT2D eigenvalue weighted by Gasteiger charge is 2.04. The summed E-state index contributed by atoms with van der Waals surface area (Å²) in [6.07, 6.45) is 5.26. The van der Waals surface area contributed by atoms with Gasteiger partial charge in [0, 0.05) is 0 Å². The first-order chi connectivity index (χ1) is 4.72. The lowest BCUT2D eigenvalue weighted by Crippen LogP contribution is -1.98. The summed E-state index contributed by atoms with van der Waals surface area (Å²) in [5, 5.41) is 0. The van der Waals surface area contributed by atoms with Crippen LogP contribution in [0.25, 0.3) is 0 Å². The Balaban J connectivity index is 3.50. The molecule has 0 aliphatic carbocycles. The highest BCUT2D eigenvalue weighted by atomic mass is 14.1. The molecule has 0 aromatic rings. The number of hydrogen-bond donors (Lipinski definition) is 0. The number of unbranched alkanes of at least 4 members (excludes halogenated alkanes) is 1. The van der Waals surface area contributed by atoms with Crippen molar-refractivity contribution in [3.05, 3.63) is 12.2 Å². The Bertz CT molecular complexity index is 92.2. The van der Waals surface area contributed by atoms with Crippen molar-refractivity contribution in [1.82, 2.24) is 0 Å². The maximum absolute atomic E-state index is 3.98. The Morgan fingerprint density at radius 2 is 2.00 bits per heavy atom. The van der Waals surface area contributed by atoms with Crippen molar-refractivity contribution < 1.29 is 0 Å². The average Bonchev–Trinajstić information content (AvgIpc) is 1.89. The van der Waals surface area contributed by atoms with Gasteiger partial charge in [-0.1, -0.05) is 38.8 Å². The predicted molar refractivity (Wildman–Crippen MR) is 48.1 cm³/mol. The van der Waals surface area contributed by atoms with E-state index >= 15 is 0 Å². The molecular formula is C10H20. The van der Waals surface area contributed by atoms with E-state index in [1.807, 2.05) is 0 Å². The lowest BCUT2D eigenvalue weighted by molar-refractivity contribution is 0.516. The first kappa shape index (κ1) is 9.74. The first-order valence-corrected chi connectivity index (χ1v) is 4.37. The monoisotopic (exact) mass is 140 g/mol. The highest BCUT2D eigenvalue weighted by molar-refractivity contribution is 4.94. The second kappa shape index (κ2) is 5.52. The normalized spacial score (nSPS) is 13.1. The van der Waals surface area contributed by atoms with Gasteiger partial charge >= 0.3 is 0 Å². The molecule has 0 heterocycles. The van der Waals surface area contributed by atoms with Gasteiger partial charge in [0.25, 0.3) is 0 Å². The van der Waals surface area contributed by atoms with Crippen molar-refractivity contribution >= 4 is 0 Å². The standard InChI is InChI=1S/C10H20/c1-5-7-8-10(6-2)9(3)4/h10H,3,5-8H2,1-2,4H3. The van der Waals surface area contributed by atoms with Gasteiger partial charge in [-0.3, -0.25) is 0 Å². The summed E-state index contributed by atoms with van der Waals surface area (Å²) < 4.78 is 0. The van der Waals surface area contributed by atoms with E-state index in [0.29, 0.717) is 0 Å². The molecule has 0 spiro atoms. The third-order valence-electron chi connectivity index (χ3n) is 2.10. The average molecular weight is 140 g/mol. The third kappa shape index (κ3) is 3.71. The topological polar surface area (TPSA) is 0 Å². The molecule has 60 valence electrons. The van der Waals surface area contributed by atoms with Gasteiger partial charge in [-0.15, -0.1) is 0 Å². The second-order valence-corrected chi connectivity index (χ2v) is 3.09. The smallest absolute Gasteiger partial charge is 0.0211 e. The predicted octanol–water partition coefficient (Wildman–Crippen LogP) is 3.78. The van der Waals surface area contributed by atoms with Crippen LogP contribution in [0.4, 0.5) is 0 Å². The van der Waals surface area contributed by atoms with Gasteiger partial charge in [0.1, 0.15) is 0 Å². The fraction of sp³-hybridized carbons (Fsp3) is 0.800. The van der Waals surface area contributed by atoms with E-state index in [4.69, 9.17) is 0 Å². The van der Waals surface area contributed by atoms with Crippen molar-refractivity contribution in [2.45, 2.75) is 46.5 Å². The van der Waals surface area contributed by atoms with Gasteiger partial charge in [0.2, 0.25) is 0 Å². The number of rotatable bonds is 5. The lowest BCUT2D eigenvalue weighted by atomic mass is 9.93. The van der Waals surface area contributed by atoms with E-state index in [2.05, 4.69) is 27.4 Å². The Morgan fingerprint density at radius 3 is 2.30 bits per heavy atom. The summed E-state index contributed by atoms with van der Waals surface area (Å²) in [5.74, 6) is 0.778. The minimum Gasteiger partial charge on any atom is -0.0999 e. The van der Waals surface area contributed by atoms with Crippen LogP contribution in [0.15, 0.2) is 12.2 Å². The second-order valence-electron chi connectivity index (χ2n) is 3.09. The Labute approximate surface area is 65.3 Å². The molecule has 0 aliphatic rings. The molecule has 0 aliphatic heterocycles. The van der Waals surface area contributed by atoms with E-state index in [1.54, 1.807) is 0 Å². The minimum atomic E-state index is 0.778. The van der Waals surface area contributed by atoms with Gasteiger partial charge in [-0.2, -0.15) is 0 Å². The first-order valence-electron chi connectivity index (χ1n) is 4.37. The van der Waals surface area contributed by atoms with Crippen LogP contribution in [0.1, 0.15) is 46.5 Å². The summed E-state index contributed by atoms with van der Waals surface area (Å²) >= 11 is 0. The molecule has 0 fully saturated rings. The molecule has 0 saturated carbocycles. The maximum Gasteiger partial charge on any atom is -0.0211 e. The van der Waals surface area contributed by atoms with Crippen LogP contribution in [0, 0.1) is 5.92 Å². The molecule has 0 nitrogen and oxygen atoms in total. The van der Waals surface area contributed by atoms with E-state index < -0.39 is 0 Å². The fourth-order valence-corrected chi connectivity index (χ4v) is 1.25. The van der Waals surface area contributed by atoms with Crippen LogP contribution in [0.5, 0.6) is 0 Å². The SMILES string of the molecule is C=C(C)C(CC)CCCC. The number of allylic oxidation sites excluding steroid dienone is 1. The molecule has 0 saturated heterocycles. The molecule has 0 amide bonds. The van der Waals surface area contributed by atoms with Crippen molar-refractivity contribution in [1.29, 1.82) is 0 Å². The highest BCUT2D eigenvalue weighted by Crippen LogP contribution is 2.19. The molecule has 0 heteroatoms. The molecular weight excluding hydrogens is 120 g/mol. The van der Waals surface area contributed by atoms with Crippen LogP contribution in [-0.4, -0.2) is 0 Å². The minimum absolute atomic E-state index is 0.778. The van der Waals surface area contributed by atoms with Crippen LogP contribution in [0.2, 0.25) is 0 Å². The van der Waals surface area contributed by atoms with Crippen molar-refractivity contribution in [2.75, 3.05) is 0 Å². The summed E-state index contributed by atoms with van der Waals surface area (Å²) in [4.78, 5) is 0. The third-order valence-corrected chi connectivity index (χ3v) is 2.10. The zero-order valence-electron chi connectivity index (χ0n) is 7.61. The van der Waals surface area contributed by atoms with E-state index in [1.165, 1.54) is 31.3 Å². The number of hydrogen-bond acceptors (Lipinski definition) is 0. The molecule has 1 unspecified atom stereocenters. The molecule has 0 N–H and O–H groups in total. The van der Waals surface area contributed by atoms with Crippen molar-refractivity contribution in [3.63, 3.8) is 0 Å². The molecule has 0 bridgehead atoms. The van der Waals surface area contributed by atoms with Crippen LogP contribution in [0.3, 0.4) is 0 Å². The molecule has 0 aromatic carbocycles. The van der Waals surface area contributed by atoms with Gasteiger partial charge < -0.3 is 0 Å². The largest absolute Gasteiger partial charge is 0.0999 e. The van der Waals surface area contributed by atoms with Gasteiger partial charge in [-0.25, -0.2) is 0 Å². The summed E-state index contributed by atoms with van der Waals surface area (Å²) in [6.45, 7) is 10.6. The summed E-state index contributed by atoms with van der Waals surface area (Å²) in [7, 11) is 0. The van der Waals surface area contributed by atoms with Crippen LogP contribution < -0.4 is 0 Å². The van der Waals surface area contributed by atoms with Gasteiger partial charge in [0.05, 0.1) is 0 Å². The maximum atomic E-state index is 3.98. The van der Waals surface area contributed by atoms with E-state index in [9.17, 15) is 0 Å². The molecule has 1 atom stereocenters. The Kier molecular flexibility index (Phi) is 5.38. The quantitative estimate of drug-likeness (QED) is 0.510. The van der Waals surface area contributed by atoms with Gasteiger partial charge in [0.15, 0.2) is 0 Å². The van der Waals surface area contributed by atoms with Crippen molar-refractivity contribution in [3.8, 4) is 0 Å². The van der Waals surface area contributed by atoms with Crippen molar-refractivity contribution in [2.24, 2.45) is 5.92 Å². The molecule has 0 rings (SSSR count). The zero-order valence-corrected chi connectivity index (χ0v) is 7.61. The van der Waals surface area contributed by atoms with Crippen LogP contribution in [-0.2, 0) is 0 Å². The molecule has 10 heavy (non-hydrogen) atoms. The van der Waals surface area contributed by atoms with E-state index in [-0.39, 0.29) is 0 Å². The molecule has 0 aromatic heterocycles.